The molecule has 1 fully saturated rings. The van der Waals surface area contributed by atoms with Gasteiger partial charge in [-0.25, -0.2) is 0 Å². The molecule has 1 atom stereocenters. The van der Waals surface area contributed by atoms with Crippen molar-refractivity contribution in [1.82, 2.24) is 15.5 Å². The molecule has 7 heteroatoms. The number of nitrogens with one attached hydrogen (secondary N) is 2. The number of hydrogen-bond acceptors (Lipinski definition) is 4. The maximum atomic E-state index is 5.95. The lowest BCUT2D eigenvalue weighted by atomic mass is 9.89. The van der Waals surface area contributed by atoms with Crippen LogP contribution >= 0.6 is 24.0 Å². The van der Waals surface area contributed by atoms with Gasteiger partial charge in [-0.2, -0.15) is 0 Å². The molecule has 1 aliphatic heterocycles. The van der Waals surface area contributed by atoms with Crippen LogP contribution in [0.5, 0.6) is 0 Å². The molecule has 0 aliphatic carbocycles. The Hall–Kier alpha value is -0.900. The molecule has 0 saturated carbocycles. The molecule has 166 valence electrons. The van der Waals surface area contributed by atoms with E-state index in [0.29, 0.717) is 0 Å². The largest absolute Gasteiger partial charge is 0.381 e. The SMILES string of the molecule is CCNC(=NCC1(N(C)C)CCOCC1)NCCCOC(C)c1ccccc1.I. The Morgan fingerprint density at radius 2 is 1.90 bits per heavy atom. The third kappa shape index (κ3) is 8.78. The van der Waals surface area contributed by atoms with Gasteiger partial charge in [-0.05, 0) is 52.8 Å². The monoisotopic (exact) mass is 518 g/mol. The summed E-state index contributed by atoms with van der Waals surface area (Å²) in [5, 5.41) is 6.79. The molecule has 1 aromatic rings. The molecule has 1 saturated heterocycles. The fourth-order valence-corrected chi connectivity index (χ4v) is 3.43. The Balaban J connectivity index is 0.00000420. The van der Waals surface area contributed by atoms with Crippen LogP contribution in [0.3, 0.4) is 0 Å². The summed E-state index contributed by atoms with van der Waals surface area (Å²) >= 11 is 0. The molecule has 2 rings (SSSR count). The van der Waals surface area contributed by atoms with Crippen LogP contribution in [-0.2, 0) is 9.47 Å². The summed E-state index contributed by atoms with van der Waals surface area (Å²) in [7, 11) is 4.29. The Bertz CT molecular complexity index is 577. The number of halogens is 1. The zero-order chi connectivity index (χ0) is 20.2. The first kappa shape index (κ1) is 26.1. The zero-order valence-corrected chi connectivity index (χ0v) is 20.8. The van der Waals surface area contributed by atoms with Crippen molar-refractivity contribution < 1.29 is 9.47 Å². The summed E-state index contributed by atoms with van der Waals surface area (Å²) in [6.07, 6.45) is 3.10. The van der Waals surface area contributed by atoms with Crippen LogP contribution in [0.15, 0.2) is 35.3 Å². The number of ether oxygens (including phenoxy) is 2. The highest BCUT2D eigenvalue weighted by Gasteiger charge is 2.34. The van der Waals surface area contributed by atoms with E-state index in [4.69, 9.17) is 14.5 Å². The minimum absolute atomic E-state index is 0. The third-order valence-corrected chi connectivity index (χ3v) is 5.50. The van der Waals surface area contributed by atoms with Gasteiger partial charge < -0.3 is 25.0 Å². The van der Waals surface area contributed by atoms with Crippen LogP contribution in [0.1, 0.15) is 44.8 Å². The minimum Gasteiger partial charge on any atom is -0.381 e. The normalized spacial score (nSPS) is 17.5. The Kier molecular flexibility index (Phi) is 12.8. The van der Waals surface area contributed by atoms with Gasteiger partial charge in [-0.15, -0.1) is 24.0 Å². The van der Waals surface area contributed by atoms with Gasteiger partial charge in [0, 0.05) is 38.4 Å². The van der Waals surface area contributed by atoms with Crippen LogP contribution in [-0.4, -0.2) is 69.9 Å². The number of likely N-dealkylation sites (N-methyl/N-ethyl adjacent to an activating group) is 1. The number of aliphatic imine (C=N–C) groups is 1. The van der Waals surface area contributed by atoms with Gasteiger partial charge in [0.25, 0.3) is 0 Å². The first-order chi connectivity index (χ1) is 13.6. The molecule has 0 amide bonds. The summed E-state index contributed by atoms with van der Waals surface area (Å²) in [5.74, 6) is 0.881. The van der Waals surface area contributed by atoms with Crippen molar-refractivity contribution in [2.75, 3.05) is 53.6 Å². The number of hydrogen-bond donors (Lipinski definition) is 2. The molecule has 29 heavy (non-hydrogen) atoms. The average molecular weight is 518 g/mol. The number of rotatable bonds is 10. The predicted octanol–water partition coefficient (Wildman–Crippen LogP) is 3.44. The molecule has 6 nitrogen and oxygen atoms in total. The van der Waals surface area contributed by atoms with E-state index in [2.05, 4.69) is 67.7 Å². The topological polar surface area (TPSA) is 58.1 Å². The van der Waals surface area contributed by atoms with E-state index in [1.165, 1.54) is 5.56 Å². The molecule has 0 spiro atoms. The van der Waals surface area contributed by atoms with Crippen molar-refractivity contribution in [3.63, 3.8) is 0 Å². The van der Waals surface area contributed by atoms with Crippen molar-refractivity contribution in [2.24, 2.45) is 4.99 Å². The highest BCUT2D eigenvalue weighted by atomic mass is 127. The van der Waals surface area contributed by atoms with E-state index >= 15 is 0 Å². The van der Waals surface area contributed by atoms with E-state index < -0.39 is 0 Å². The standard InChI is InChI=1S/C22H38N4O2.HI/c1-5-23-21(25-18-22(26(3)4)12-16-27-17-13-22)24-14-9-15-28-19(2)20-10-7-6-8-11-20;/h6-8,10-11,19H,5,9,12-18H2,1-4H3,(H2,23,24,25);1H. The second-order valence-electron chi connectivity index (χ2n) is 7.63. The Morgan fingerprint density at radius 1 is 1.21 bits per heavy atom. The van der Waals surface area contributed by atoms with E-state index in [0.717, 1.165) is 64.7 Å². The quantitative estimate of drug-likeness (QED) is 0.215. The highest BCUT2D eigenvalue weighted by Crippen LogP contribution is 2.26. The van der Waals surface area contributed by atoms with Crippen molar-refractivity contribution in [3.05, 3.63) is 35.9 Å². The molecule has 2 N–H and O–H groups in total. The second-order valence-corrected chi connectivity index (χ2v) is 7.63. The smallest absolute Gasteiger partial charge is 0.191 e. The molecular weight excluding hydrogens is 479 g/mol. The van der Waals surface area contributed by atoms with Gasteiger partial charge in [0.2, 0.25) is 0 Å². The van der Waals surface area contributed by atoms with Crippen molar-refractivity contribution in [1.29, 1.82) is 0 Å². The molecule has 0 radical (unpaired) electrons. The molecule has 0 bridgehead atoms. The molecule has 1 unspecified atom stereocenters. The summed E-state index contributed by atoms with van der Waals surface area (Å²) in [6.45, 7) is 9.02. The lowest BCUT2D eigenvalue weighted by molar-refractivity contribution is -0.00255. The van der Waals surface area contributed by atoms with Crippen molar-refractivity contribution in [3.8, 4) is 0 Å². The first-order valence-corrected chi connectivity index (χ1v) is 10.5. The predicted molar refractivity (Wildman–Crippen MR) is 131 cm³/mol. The fourth-order valence-electron chi connectivity index (χ4n) is 3.43. The van der Waals surface area contributed by atoms with Gasteiger partial charge in [-0.3, -0.25) is 4.99 Å². The van der Waals surface area contributed by atoms with Crippen LogP contribution in [0.2, 0.25) is 0 Å². The first-order valence-electron chi connectivity index (χ1n) is 10.5. The number of benzene rings is 1. The van der Waals surface area contributed by atoms with Crippen molar-refractivity contribution in [2.45, 2.75) is 44.8 Å². The van der Waals surface area contributed by atoms with Crippen LogP contribution in [0, 0.1) is 0 Å². The molecule has 1 heterocycles. The van der Waals surface area contributed by atoms with Gasteiger partial charge in [0.1, 0.15) is 0 Å². The zero-order valence-electron chi connectivity index (χ0n) is 18.4. The molecule has 0 aromatic heterocycles. The van der Waals surface area contributed by atoms with Gasteiger partial charge in [0.15, 0.2) is 5.96 Å². The number of nitrogens with zero attached hydrogens (tertiary/aromatic N) is 2. The van der Waals surface area contributed by atoms with Gasteiger partial charge >= 0.3 is 0 Å². The maximum absolute atomic E-state index is 5.95. The molecule has 1 aromatic carbocycles. The summed E-state index contributed by atoms with van der Waals surface area (Å²) in [4.78, 5) is 7.17. The molecule has 1 aliphatic rings. The average Bonchev–Trinajstić information content (AvgIpc) is 2.72. The van der Waals surface area contributed by atoms with Gasteiger partial charge in [0.05, 0.1) is 12.6 Å². The maximum Gasteiger partial charge on any atom is 0.191 e. The van der Waals surface area contributed by atoms with Gasteiger partial charge in [-0.1, -0.05) is 30.3 Å². The minimum atomic E-state index is 0. The van der Waals surface area contributed by atoms with E-state index in [1.807, 2.05) is 6.07 Å². The van der Waals surface area contributed by atoms with Crippen LogP contribution < -0.4 is 10.6 Å². The van der Waals surface area contributed by atoms with Crippen LogP contribution in [0.25, 0.3) is 0 Å². The van der Waals surface area contributed by atoms with Crippen LogP contribution in [0.4, 0.5) is 0 Å². The Labute approximate surface area is 193 Å². The summed E-state index contributed by atoms with van der Waals surface area (Å²) < 4.78 is 11.5. The number of guanidine groups is 1. The second kappa shape index (κ2) is 14.2. The summed E-state index contributed by atoms with van der Waals surface area (Å²) in [5.41, 5.74) is 1.31. The third-order valence-electron chi connectivity index (χ3n) is 5.50. The Morgan fingerprint density at radius 3 is 2.52 bits per heavy atom. The van der Waals surface area contributed by atoms with E-state index in [1.54, 1.807) is 0 Å². The van der Waals surface area contributed by atoms with Crippen molar-refractivity contribution >= 4 is 29.9 Å². The highest BCUT2D eigenvalue weighted by molar-refractivity contribution is 14.0. The summed E-state index contributed by atoms with van der Waals surface area (Å²) in [6, 6.07) is 10.3. The van der Waals surface area contributed by atoms with E-state index in [-0.39, 0.29) is 35.6 Å². The fraction of sp³-hybridized carbons (Fsp3) is 0.682. The lowest BCUT2D eigenvalue weighted by Gasteiger charge is -2.41. The molecular formula is C22H39IN4O2. The lowest BCUT2D eigenvalue weighted by Crippen LogP contribution is -2.51. The van der Waals surface area contributed by atoms with E-state index in [9.17, 15) is 0 Å².